The molecule has 4 nitrogen and oxygen atoms in total. The lowest BCUT2D eigenvalue weighted by Crippen LogP contribution is -2.59. The third-order valence-corrected chi connectivity index (χ3v) is 4.67. The summed E-state index contributed by atoms with van der Waals surface area (Å²) in [7, 11) is 2.20. The van der Waals surface area contributed by atoms with E-state index in [0.717, 1.165) is 12.2 Å². The molecule has 1 heterocycles. The van der Waals surface area contributed by atoms with Crippen molar-refractivity contribution in [3.05, 3.63) is 0 Å². The molecule has 0 aliphatic carbocycles. The van der Waals surface area contributed by atoms with Crippen LogP contribution in [-0.2, 0) is 4.79 Å². The van der Waals surface area contributed by atoms with Crippen molar-refractivity contribution < 1.29 is 9.28 Å². The highest BCUT2D eigenvalue weighted by Crippen LogP contribution is 2.13. The summed E-state index contributed by atoms with van der Waals surface area (Å²) in [5.41, 5.74) is 0. The fourth-order valence-electron chi connectivity index (χ4n) is 2.34. The first-order valence-electron chi connectivity index (χ1n) is 7.06. The highest BCUT2D eigenvalue weighted by molar-refractivity contribution is 7.97. The summed E-state index contributed by atoms with van der Waals surface area (Å²) < 4.78 is 4.14. The highest BCUT2D eigenvalue weighted by Gasteiger charge is 2.29. The summed E-state index contributed by atoms with van der Waals surface area (Å²) in [6.07, 6.45) is 1.57. The first-order valence-corrected chi connectivity index (χ1v) is 8.04. The molecular formula is C13H28N3OS+. The van der Waals surface area contributed by atoms with E-state index in [2.05, 4.69) is 23.6 Å². The average Bonchev–Trinajstić information content (AvgIpc) is 2.38. The van der Waals surface area contributed by atoms with Crippen molar-refractivity contribution >= 4 is 17.9 Å². The van der Waals surface area contributed by atoms with Gasteiger partial charge in [-0.2, -0.15) is 0 Å². The SMILES string of the molecule is CCCC(=O)NSCC[N+]1(CC)CCN(C)CC1. The first-order chi connectivity index (χ1) is 8.62. The Morgan fingerprint density at radius 2 is 2.00 bits per heavy atom. The van der Waals surface area contributed by atoms with E-state index in [9.17, 15) is 4.79 Å². The Morgan fingerprint density at radius 3 is 2.56 bits per heavy atom. The maximum atomic E-state index is 11.3. The van der Waals surface area contributed by atoms with E-state index in [1.54, 1.807) is 11.9 Å². The van der Waals surface area contributed by atoms with Crippen molar-refractivity contribution in [2.24, 2.45) is 0 Å². The van der Waals surface area contributed by atoms with Gasteiger partial charge in [-0.05, 0) is 32.3 Å². The van der Waals surface area contributed by atoms with Crippen LogP contribution >= 0.6 is 11.9 Å². The van der Waals surface area contributed by atoms with E-state index in [4.69, 9.17) is 0 Å². The van der Waals surface area contributed by atoms with Gasteiger partial charge in [-0.1, -0.05) is 6.92 Å². The third-order valence-electron chi connectivity index (χ3n) is 3.91. The summed E-state index contributed by atoms with van der Waals surface area (Å²) >= 11 is 1.58. The fraction of sp³-hybridized carbons (Fsp3) is 0.923. The van der Waals surface area contributed by atoms with Crippen LogP contribution < -0.4 is 4.72 Å². The topological polar surface area (TPSA) is 32.3 Å². The van der Waals surface area contributed by atoms with Crippen molar-refractivity contribution in [2.75, 3.05) is 52.1 Å². The molecule has 0 bridgehead atoms. The molecule has 0 aromatic carbocycles. The molecule has 0 aromatic rings. The Kier molecular flexibility index (Phi) is 7.04. The molecule has 1 aliphatic heterocycles. The van der Waals surface area contributed by atoms with E-state index in [-0.39, 0.29) is 5.91 Å². The first kappa shape index (κ1) is 15.8. The summed E-state index contributed by atoms with van der Waals surface area (Å²) in [6.45, 7) is 11.6. The van der Waals surface area contributed by atoms with Gasteiger partial charge in [-0.25, -0.2) is 0 Å². The summed E-state index contributed by atoms with van der Waals surface area (Å²) in [5, 5.41) is 0. The molecule has 1 amide bonds. The number of hydrogen-bond acceptors (Lipinski definition) is 3. The van der Waals surface area contributed by atoms with Gasteiger partial charge >= 0.3 is 0 Å². The molecular weight excluding hydrogens is 246 g/mol. The van der Waals surface area contributed by atoms with Crippen LogP contribution in [0.5, 0.6) is 0 Å². The molecule has 18 heavy (non-hydrogen) atoms. The molecule has 106 valence electrons. The van der Waals surface area contributed by atoms with Crippen LogP contribution in [0.15, 0.2) is 0 Å². The monoisotopic (exact) mass is 274 g/mol. The maximum Gasteiger partial charge on any atom is 0.229 e. The quantitative estimate of drug-likeness (QED) is 0.432. The predicted molar refractivity (Wildman–Crippen MR) is 78.4 cm³/mol. The number of amides is 1. The highest BCUT2D eigenvalue weighted by atomic mass is 32.2. The maximum absolute atomic E-state index is 11.3. The molecule has 0 unspecified atom stereocenters. The summed E-state index contributed by atoms with van der Waals surface area (Å²) in [6, 6.07) is 0. The standard InChI is InChI=1S/C13H27N3OS/c1-4-6-13(17)14-18-12-11-16(5-2)9-7-15(3)8-10-16/h4-12H2,1-3H3/p+1. The smallest absolute Gasteiger partial charge is 0.229 e. The zero-order chi connectivity index (χ0) is 13.4. The van der Waals surface area contributed by atoms with Gasteiger partial charge in [-0.3, -0.25) is 14.4 Å². The zero-order valence-corrected chi connectivity index (χ0v) is 12.9. The Hall–Kier alpha value is -0.260. The second kappa shape index (κ2) is 8.02. The molecule has 0 atom stereocenters. The van der Waals surface area contributed by atoms with E-state index < -0.39 is 0 Å². The van der Waals surface area contributed by atoms with Gasteiger partial charge in [0.15, 0.2) is 0 Å². The van der Waals surface area contributed by atoms with E-state index in [0.29, 0.717) is 6.42 Å². The van der Waals surface area contributed by atoms with E-state index >= 15 is 0 Å². The van der Waals surface area contributed by atoms with Crippen LogP contribution in [0.25, 0.3) is 0 Å². The van der Waals surface area contributed by atoms with Gasteiger partial charge in [0.25, 0.3) is 0 Å². The zero-order valence-electron chi connectivity index (χ0n) is 12.1. The molecule has 0 aromatic heterocycles. The molecule has 5 heteroatoms. The van der Waals surface area contributed by atoms with Crippen LogP contribution in [0.2, 0.25) is 0 Å². The van der Waals surface area contributed by atoms with Gasteiger partial charge in [-0.15, -0.1) is 0 Å². The number of nitrogens with one attached hydrogen (secondary N) is 1. The third kappa shape index (κ3) is 5.16. The molecule has 1 saturated heterocycles. The van der Waals surface area contributed by atoms with E-state index in [1.807, 2.05) is 6.92 Å². The van der Waals surface area contributed by atoms with Crippen LogP contribution in [0, 0.1) is 0 Å². The number of piperazine rings is 1. The molecule has 1 rings (SSSR count). The van der Waals surface area contributed by atoms with Crippen LogP contribution in [0.1, 0.15) is 26.7 Å². The molecule has 1 N–H and O–H groups in total. The Morgan fingerprint density at radius 1 is 1.33 bits per heavy atom. The van der Waals surface area contributed by atoms with Gasteiger partial charge in [0.05, 0.1) is 31.9 Å². The summed E-state index contributed by atoms with van der Waals surface area (Å²) in [4.78, 5) is 13.7. The minimum atomic E-state index is 0.170. The fourth-order valence-corrected chi connectivity index (χ4v) is 3.18. The summed E-state index contributed by atoms with van der Waals surface area (Å²) in [5.74, 6) is 1.19. The van der Waals surface area contributed by atoms with Gasteiger partial charge in [0.1, 0.15) is 0 Å². The van der Waals surface area contributed by atoms with Gasteiger partial charge < -0.3 is 4.48 Å². The normalized spacial score (nSPS) is 19.7. The van der Waals surface area contributed by atoms with Gasteiger partial charge in [0, 0.05) is 19.5 Å². The largest absolute Gasteiger partial charge is 0.321 e. The number of quaternary nitrogens is 1. The minimum Gasteiger partial charge on any atom is -0.321 e. The van der Waals surface area contributed by atoms with Crippen molar-refractivity contribution in [3.8, 4) is 0 Å². The Labute approximate surface area is 116 Å². The number of hydrogen-bond donors (Lipinski definition) is 1. The van der Waals surface area contributed by atoms with Crippen molar-refractivity contribution in [2.45, 2.75) is 26.7 Å². The molecule has 0 saturated carbocycles. The number of likely N-dealkylation sites (N-methyl/N-ethyl adjacent to an activating group) is 2. The number of carbonyl (C=O) groups excluding carboxylic acids is 1. The minimum absolute atomic E-state index is 0.170. The predicted octanol–water partition coefficient (Wildman–Crippen LogP) is 1.33. The number of rotatable bonds is 7. The van der Waals surface area contributed by atoms with Crippen molar-refractivity contribution in [3.63, 3.8) is 0 Å². The second-order valence-corrected chi connectivity index (χ2v) is 6.16. The van der Waals surface area contributed by atoms with Crippen LogP contribution in [0.3, 0.4) is 0 Å². The Balaban J connectivity index is 2.21. The lowest BCUT2D eigenvalue weighted by molar-refractivity contribution is -0.928. The van der Waals surface area contributed by atoms with Crippen molar-refractivity contribution in [1.29, 1.82) is 0 Å². The lowest BCUT2D eigenvalue weighted by atomic mass is 10.2. The molecule has 0 radical (unpaired) electrons. The average molecular weight is 274 g/mol. The van der Waals surface area contributed by atoms with E-state index in [1.165, 1.54) is 43.8 Å². The Bertz CT molecular complexity index is 253. The second-order valence-electron chi connectivity index (χ2n) is 5.26. The van der Waals surface area contributed by atoms with Crippen LogP contribution in [-0.4, -0.2) is 67.4 Å². The number of carbonyl (C=O) groups is 1. The van der Waals surface area contributed by atoms with Gasteiger partial charge in [0.2, 0.25) is 5.91 Å². The molecule has 1 fully saturated rings. The number of nitrogens with zero attached hydrogens (tertiary/aromatic N) is 2. The molecule has 1 aliphatic rings. The van der Waals surface area contributed by atoms with Crippen molar-refractivity contribution in [1.82, 2.24) is 9.62 Å². The van der Waals surface area contributed by atoms with Crippen LogP contribution in [0.4, 0.5) is 0 Å². The lowest BCUT2D eigenvalue weighted by Gasteiger charge is -2.43. The molecule has 0 spiro atoms.